The highest BCUT2D eigenvalue weighted by atomic mass is 16.4. The van der Waals surface area contributed by atoms with Crippen molar-refractivity contribution in [3.05, 3.63) is 35.9 Å². The van der Waals surface area contributed by atoms with E-state index in [0.29, 0.717) is 19.4 Å². The number of carbonyl (C=O) groups is 3. The standard InChI is InChI=1S/C13H18N2O4.C6H14N4O2/c14-8-11(9-4-2-1-3-5-9)15-10(13(18)19)6-7-12(16)17;7-4(5(11)12)2-1-3-10-6(8)9/h1-5,10-11,15H,6-8,14H2,(H,16,17)(H,18,19);4H,1-3,7H2,(H,11,12)(H4,8,9,10)/t10-,11?;4-/m00/s1. The number of nitrogens with zero attached hydrogens (tertiary/aromatic N) is 1. The Kier molecular flexibility index (Phi) is 14.0. The maximum absolute atomic E-state index is 11.1. The SMILES string of the molecule is NC(N)=NCCC[C@H](N)C(=O)O.NCC(N[C@@H](CCC(=O)O)C(=O)O)c1ccccc1. The Morgan fingerprint density at radius 1 is 1.00 bits per heavy atom. The van der Waals surface area contributed by atoms with E-state index in [1.165, 1.54) is 0 Å². The zero-order valence-electron chi connectivity index (χ0n) is 17.2. The molecule has 0 saturated heterocycles. The van der Waals surface area contributed by atoms with Crippen LogP contribution in [0.3, 0.4) is 0 Å². The van der Waals surface area contributed by atoms with Crippen LogP contribution in [0.2, 0.25) is 0 Å². The third-order valence-electron chi connectivity index (χ3n) is 4.07. The first kappa shape index (κ1) is 27.8. The monoisotopic (exact) mass is 440 g/mol. The second kappa shape index (κ2) is 15.6. The van der Waals surface area contributed by atoms with E-state index in [1.54, 1.807) is 0 Å². The van der Waals surface area contributed by atoms with Crippen LogP contribution in [0.25, 0.3) is 0 Å². The van der Waals surface area contributed by atoms with Gasteiger partial charge < -0.3 is 38.3 Å². The van der Waals surface area contributed by atoms with Crippen molar-refractivity contribution in [3.63, 3.8) is 0 Å². The molecule has 0 fully saturated rings. The van der Waals surface area contributed by atoms with Crippen molar-refractivity contribution < 1.29 is 29.7 Å². The summed E-state index contributed by atoms with van der Waals surface area (Å²) in [5.41, 5.74) is 21.8. The van der Waals surface area contributed by atoms with Crippen LogP contribution in [0, 0.1) is 0 Å². The summed E-state index contributed by atoms with van der Waals surface area (Å²) in [4.78, 5) is 35.5. The molecule has 12 nitrogen and oxygen atoms in total. The molecule has 0 aliphatic rings. The molecule has 1 aromatic rings. The number of carboxylic acids is 3. The molecular formula is C19H32N6O6. The van der Waals surface area contributed by atoms with Gasteiger partial charge >= 0.3 is 17.9 Å². The van der Waals surface area contributed by atoms with E-state index in [2.05, 4.69) is 10.3 Å². The Labute approximate surface area is 180 Å². The summed E-state index contributed by atoms with van der Waals surface area (Å²) in [5, 5.41) is 29.0. The molecule has 1 unspecified atom stereocenters. The predicted molar refractivity (Wildman–Crippen MR) is 115 cm³/mol. The predicted octanol–water partition coefficient (Wildman–Crippen LogP) is -0.954. The summed E-state index contributed by atoms with van der Waals surface area (Å²) in [6.45, 7) is 0.657. The van der Waals surface area contributed by atoms with Crippen molar-refractivity contribution in [3.8, 4) is 0 Å². The van der Waals surface area contributed by atoms with Crippen molar-refractivity contribution in [1.29, 1.82) is 0 Å². The van der Waals surface area contributed by atoms with E-state index in [-0.39, 0.29) is 31.4 Å². The van der Waals surface area contributed by atoms with Crippen LogP contribution in [0.4, 0.5) is 0 Å². The summed E-state index contributed by atoms with van der Waals surface area (Å²) in [6, 6.07) is 7.18. The first-order valence-corrected chi connectivity index (χ1v) is 9.57. The first-order valence-electron chi connectivity index (χ1n) is 9.57. The van der Waals surface area contributed by atoms with Gasteiger partial charge in [0.25, 0.3) is 0 Å². The highest BCUT2D eigenvalue weighted by Gasteiger charge is 2.22. The lowest BCUT2D eigenvalue weighted by atomic mass is 10.0. The molecule has 0 aromatic heterocycles. The number of nitrogens with one attached hydrogen (secondary N) is 1. The third kappa shape index (κ3) is 13.6. The van der Waals surface area contributed by atoms with Gasteiger partial charge in [-0.3, -0.25) is 24.7 Å². The molecule has 0 heterocycles. The van der Waals surface area contributed by atoms with Gasteiger partial charge in [0, 0.05) is 25.6 Å². The van der Waals surface area contributed by atoms with E-state index in [9.17, 15) is 14.4 Å². The Morgan fingerprint density at radius 3 is 2.06 bits per heavy atom. The summed E-state index contributed by atoms with van der Waals surface area (Å²) >= 11 is 0. The number of hydrogen-bond acceptors (Lipinski definition) is 7. The maximum atomic E-state index is 11.1. The van der Waals surface area contributed by atoms with Crippen LogP contribution < -0.4 is 28.3 Å². The molecule has 0 aliphatic heterocycles. The molecule has 0 saturated carbocycles. The number of aliphatic carboxylic acids is 3. The van der Waals surface area contributed by atoms with Crippen molar-refractivity contribution >= 4 is 23.9 Å². The lowest BCUT2D eigenvalue weighted by Crippen LogP contribution is -2.42. The fraction of sp³-hybridized carbons (Fsp3) is 0.474. The van der Waals surface area contributed by atoms with Gasteiger partial charge in [-0.2, -0.15) is 0 Å². The fourth-order valence-corrected chi connectivity index (χ4v) is 2.42. The minimum atomic E-state index is -1.07. The number of rotatable bonds is 13. The number of aliphatic imine (C=N–C) groups is 1. The lowest BCUT2D eigenvalue weighted by molar-refractivity contribution is -0.141. The molecular weight excluding hydrogens is 408 g/mol. The van der Waals surface area contributed by atoms with Gasteiger partial charge in [0.2, 0.25) is 0 Å². The zero-order chi connectivity index (χ0) is 23.8. The molecule has 0 bridgehead atoms. The molecule has 0 aliphatic carbocycles. The van der Waals surface area contributed by atoms with Crippen molar-refractivity contribution in [2.24, 2.45) is 27.9 Å². The molecule has 12 N–H and O–H groups in total. The van der Waals surface area contributed by atoms with E-state index in [4.69, 9.17) is 38.3 Å². The Balaban J connectivity index is 0.000000649. The van der Waals surface area contributed by atoms with Crippen molar-refractivity contribution in [1.82, 2.24) is 5.32 Å². The molecule has 174 valence electrons. The lowest BCUT2D eigenvalue weighted by Gasteiger charge is -2.22. The Hall–Kier alpha value is -3.22. The van der Waals surface area contributed by atoms with E-state index >= 15 is 0 Å². The smallest absolute Gasteiger partial charge is 0.320 e. The molecule has 0 spiro atoms. The van der Waals surface area contributed by atoms with Crippen LogP contribution in [-0.2, 0) is 14.4 Å². The molecule has 31 heavy (non-hydrogen) atoms. The van der Waals surface area contributed by atoms with Crippen LogP contribution >= 0.6 is 0 Å². The zero-order valence-corrected chi connectivity index (χ0v) is 17.2. The number of guanidine groups is 1. The maximum Gasteiger partial charge on any atom is 0.320 e. The average molecular weight is 441 g/mol. The van der Waals surface area contributed by atoms with Gasteiger partial charge in [0.15, 0.2) is 5.96 Å². The second-order valence-electron chi connectivity index (χ2n) is 6.58. The van der Waals surface area contributed by atoms with Gasteiger partial charge in [-0.05, 0) is 24.8 Å². The number of benzene rings is 1. The molecule has 1 aromatic carbocycles. The Morgan fingerprint density at radius 2 is 1.61 bits per heavy atom. The second-order valence-corrected chi connectivity index (χ2v) is 6.58. The van der Waals surface area contributed by atoms with E-state index < -0.39 is 30.0 Å². The highest BCUT2D eigenvalue weighted by molar-refractivity contribution is 5.76. The van der Waals surface area contributed by atoms with Gasteiger partial charge in [-0.1, -0.05) is 30.3 Å². The molecule has 0 radical (unpaired) electrons. The summed E-state index contributed by atoms with van der Waals surface area (Å²) < 4.78 is 0. The summed E-state index contributed by atoms with van der Waals surface area (Å²) in [6.07, 6.45) is 0.779. The summed E-state index contributed by atoms with van der Waals surface area (Å²) in [7, 11) is 0. The van der Waals surface area contributed by atoms with E-state index in [0.717, 1.165) is 5.56 Å². The minimum absolute atomic E-state index is 0.0129. The van der Waals surface area contributed by atoms with Crippen molar-refractivity contribution in [2.45, 2.75) is 43.8 Å². The fourth-order valence-electron chi connectivity index (χ4n) is 2.42. The molecule has 0 amide bonds. The summed E-state index contributed by atoms with van der Waals surface area (Å²) in [5.74, 6) is -3.08. The highest BCUT2D eigenvalue weighted by Crippen LogP contribution is 2.13. The molecule has 1 rings (SSSR count). The van der Waals surface area contributed by atoms with Crippen LogP contribution in [0.1, 0.15) is 37.3 Å². The van der Waals surface area contributed by atoms with Crippen LogP contribution in [0.15, 0.2) is 35.3 Å². The quantitative estimate of drug-likeness (QED) is 0.105. The first-order chi connectivity index (χ1) is 14.6. The third-order valence-corrected chi connectivity index (χ3v) is 4.07. The number of hydrogen-bond donors (Lipinski definition) is 8. The van der Waals surface area contributed by atoms with Crippen LogP contribution in [-0.4, -0.2) is 64.4 Å². The van der Waals surface area contributed by atoms with E-state index in [1.807, 2.05) is 30.3 Å². The van der Waals surface area contributed by atoms with Gasteiger partial charge in [0.1, 0.15) is 12.1 Å². The topological polar surface area (TPSA) is 240 Å². The average Bonchev–Trinajstić information content (AvgIpc) is 2.71. The van der Waals surface area contributed by atoms with Gasteiger partial charge in [0.05, 0.1) is 0 Å². The molecule has 3 atom stereocenters. The Bertz CT molecular complexity index is 711. The molecule has 12 heteroatoms. The van der Waals surface area contributed by atoms with Crippen molar-refractivity contribution in [2.75, 3.05) is 13.1 Å². The van der Waals surface area contributed by atoms with Gasteiger partial charge in [-0.15, -0.1) is 0 Å². The number of nitrogens with two attached hydrogens (primary N) is 4. The number of carboxylic acid groups (broad SMARTS) is 3. The minimum Gasteiger partial charge on any atom is -0.481 e. The van der Waals surface area contributed by atoms with Gasteiger partial charge in [-0.25, -0.2) is 0 Å². The largest absolute Gasteiger partial charge is 0.481 e. The van der Waals surface area contributed by atoms with Crippen LogP contribution in [0.5, 0.6) is 0 Å². The normalized spacial score (nSPS) is 13.1.